The van der Waals surface area contributed by atoms with Gasteiger partial charge in [0.25, 0.3) is 0 Å². The molecule has 1 aliphatic rings. The molecule has 1 fully saturated rings. The van der Waals surface area contributed by atoms with Crippen molar-refractivity contribution < 1.29 is 0 Å². The number of hydrogen-bond donors (Lipinski definition) is 0. The molecule has 2 rings (SSSR count). The van der Waals surface area contributed by atoms with E-state index in [0.717, 1.165) is 5.92 Å². The fraction of sp³-hybridized carbons (Fsp3) is 0.667. The minimum Gasteiger partial charge on any atom is -0.238 e. The van der Waals surface area contributed by atoms with Crippen LogP contribution in [0.1, 0.15) is 43.7 Å². The van der Waals surface area contributed by atoms with E-state index in [9.17, 15) is 0 Å². The van der Waals surface area contributed by atoms with Crippen LogP contribution in [0.2, 0.25) is 0 Å². The molecule has 0 aromatic carbocycles. The van der Waals surface area contributed by atoms with Crippen molar-refractivity contribution in [3.05, 3.63) is 16.6 Å². The van der Waals surface area contributed by atoms with Gasteiger partial charge in [-0.05, 0) is 12.8 Å². The highest BCUT2D eigenvalue weighted by molar-refractivity contribution is 7.07. The topological polar surface area (TPSA) is 12.9 Å². The standard InChI is InChI=1S/C9H12NS/c1-2-4-8(5-3-1)9-6-11-7-10-9/h6,8H,1-5H2. The highest BCUT2D eigenvalue weighted by atomic mass is 32.1. The molecule has 59 valence electrons. The van der Waals surface area contributed by atoms with Crippen LogP contribution in [0.5, 0.6) is 0 Å². The van der Waals surface area contributed by atoms with E-state index in [1.807, 2.05) is 0 Å². The first-order chi connectivity index (χ1) is 5.47. The summed E-state index contributed by atoms with van der Waals surface area (Å²) in [6.07, 6.45) is 6.89. The predicted octanol–water partition coefficient (Wildman–Crippen LogP) is 2.99. The maximum absolute atomic E-state index is 4.23. The first-order valence-electron chi connectivity index (χ1n) is 4.28. The number of hydrogen-bond acceptors (Lipinski definition) is 2. The average molecular weight is 166 g/mol. The Bertz CT molecular complexity index is 199. The Morgan fingerprint density at radius 3 is 2.82 bits per heavy atom. The fourth-order valence-electron chi connectivity index (χ4n) is 1.78. The third-order valence-corrected chi connectivity index (χ3v) is 2.99. The summed E-state index contributed by atoms with van der Waals surface area (Å²) in [7, 11) is 0. The summed E-state index contributed by atoms with van der Waals surface area (Å²) in [4.78, 5) is 4.23. The average Bonchev–Trinajstić information content (AvgIpc) is 2.58. The van der Waals surface area contributed by atoms with Crippen molar-refractivity contribution in [3.8, 4) is 0 Å². The Hall–Kier alpha value is -0.370. The van der Waals surface area contributed by atoms with Crippen molar-refractivity contribution in [3.63, 3.8) is 0 Å². The normalized spacial score (nSPS) is 20.4. The highest BCUT2D eigenvalue weighted by Gasteiger charge is 2.16. The Labute approximate surface area is 71.5 Å². The molecule has 0 atom stereocenters. The van der Waals surface area contributed by atoms with E-state index in [-0.39, 0.29) is 0 Å². The molecule has 1 aliphatic carbocycles. The molecule has 0 N–H and O–H groups in total. The first kappa shape index (κ1) is 7.29. The third kappa shape index (κ3) is 1.62. The van der Waals surface area contributed by atoms with Crippen LogP contribution < -0.4 is 0 Å². The molecule has 1 radical (unpaired) electrons. The lowest BCUT2D eigenvalue weighted by Gasteiger charge is -2.19. The van der Waals surface area contributed by atoms with Crippen LogP contribution in [0.25, 0.3) is 0 Å². The van der Waals surface area contributed by atoms with Crippen molar-refractivity contribution in [2.24, 2.45) is 0 Å². The van der Waals surface area contributed by atoms with Gasteiger partial charge < -0.3 is 0 Å². The molecule has 1 nitrogen and oxygen atoms in total. The second kappa shape index (κ2) is 3.35. The largest absolute Gasteiger partial charge is 0.238 e. The van der Waals surface area contributed by atoms with Gasteiger partial charge in [-0.2, -0.15) is 0 Å². The zero-order valence-electron chi connectivity index (χ0n) is 6.55. The van der Waals surface area contributed by atoms with Gasteiger partial charge in [0.05, 0.1) is 5.69 Å². The number of thiazole rings is 1. The van der Waals surface area contributed by atoms with E-state index >= 15 is 0 Å². The maximum atomic E-state index is 4.23. The van der Waals surface area contributed by atoms with E-state index in [0.29, 0.717) is 0 Å². The Morgan fingerprint density at radius 1 is 1.36 bits per heavy atom. The first-order valence-corrected chi connectivity index (χ1v) is 5.16. The van der Waals surface area contributed by atoms with E-state index in [1.165, 1.54) is 37.8 Å². The number of nitrogens with zero attached hydrogens (tertiary/aromatic N) is 1. The molecule has 0 aliphatic heterocycles. The molecule has 0 amide bonds. The second-order valence-corrected chi connectivity index (χ2v) is 3.85. The predicted molar refractivity (Wildman–Crippen MR) is 46.8 cm³/mol. The molecule has 1 aromatic rings. The van der Waals surface area contributed by atoms with Crippen LogP contribution in [0.15, 0.2) is 5.38 Å². The van der Waals surface area contributed by atoms with Gasteiger partial charge in [-0.3, -0.25) is 0 Å². The minimum atomic E-state index is 0.756. The summed E-state index contributed by atoms with van der Waals surface area (Å²) in [5.74, 6) is 0.756. The van der Waals surface area contributed by atoms with Gasteiger partial charge in [-0.1, -0.05) is 19.3 Å². The third-order valence-electron chi connectivity index (χ3n) is 2.43. The second-order valence-electron chi connectivity index (χ2n) is 3.20. The molecule has 1 heterocycles. The van der Waals surface area contributed by atoms with Crippen LogP contribution >= 0.6 is 11.3 Å². The van der Waals surface area contributed by atoms with Crippen molar-refractivity contribution in [2.45, 2.75) is 38.0 Å². The molecule has 1 saturated carbocycles. The lowest BCUT2D eigenvalue weighted by atomic mass is 9.87. The van der Waals surface area contributed by atoms with E-state index in [1.54, 1.807) is 11.3 Å². The monoisotopic (exact) mass is 166 g/mol. The van der Waals surface area contributed by atoms with Crippen molar-refractivity contribution >= 4 is 11.3 Å². The number of rotatable bonds is 1. The van der Waals surface area contributed by atoms with Crippen LogP contribution in [-0.4, -0.2) is 4.98 Å². The summed E-state index contributed by atoms with van der Waals surface area (Å²) in [5.41, 5.74) is 4.21. The fourth-order valence-corrected chi connectivity index (χ4v) is 2.35. The molecule has 0 unspecified atom stereocenters. The summed E-state index contributed by atoms with van der Waals surface area (Å²) >= 11 is 1.60. The lowest BCUT2D eigenvalue weighted by molar-refractivity contribution is 0.438. The Balaban J connectivity index is 2.04. The summed E-state index contributed by atoms with van der Waals surface area (Å²) in [6.45, 7) is 0. The van der Waals surface area contributed by atoms with E-state index in [4.69, 9.17) is 0 Å². The summed E-state index contributed by atoms with van der Waals surface area (Å²) < 4.78 is 0. The molecule has 0 saturated heterocycles. The van der Waals surface area contributed by atoms with Crippen LogP contribution in [0, 0.1) is 5.51 Å². The molecular weight excluding hydrogens is 154 g/mol. The van der Waals surface area contributed by atoms with Crippen LogP contribution in [0.3, 0.4) is 0 Å². The molecule has 11 heavy (non-hydrogen) atoms. The van der Waals surface area contributed by atoms with Gasteiger partial charge >= 0.3 is 0 Å². The molecular formula is C9H12NS. The van der Waals surface area contributed by atoms with E-state index in [2.05, 4.69) is 15.9 Å². The summed E-state index contributed by atoms with van der Waals surface area (Å²) in [6, 6.07) is 0. The highest BCUT2D eigenvalue weighted by Crippen LogP contribution is 2.31. The molecule has 1 aromatic heterocycles. The molecule has 0 bridgehead atoms. The maximum Gasteiger partial charge on any atom is 0.152 e. The van der Waals surface area contributed by atoms with Crippen molar-refractivity contribution in [1.29, 1.82) is 0 Å². The summed E-state index contributed by atoms with van der Waals surface area (Å²) in [5, 5.41) is 2.15. The quantitative estimate of drug-likeness (QED) is 0.625. The van der Waals surface area contributed by atoms with Gasteiger partial charge in [-0.25, -0.2) is 4.98 Å². The zero-order chi connectivity index (χ0) is 7.52. The molecule has 2 heteroatoms. The Kier molecular flexibility index (Phi) is 2.22. The van der Waals surface area contributed by atoms with Gasteiger partial charge in [0.15, 0.2) is 5.51 Å². The minimum absolute atomic E-state index is 0.756. The van der Waals surface area contributed by atoms with Crippen LogP contribution in [0.4, 0.5) is 0 Å². The Morgan fingerprint density at radius 2 is 2.18 bits per heavy atom. The van der Waals surface area contributed by atoms with Gasteiger partial charge in [0, 0.05) is 11.3 Å². The lowest BCUT2D eigenvalue weighted by Crippen LogP contribution is -2.04. The van der Waals surface area contributed by atoms with Gasteiger partial charge in [-0.15, -0.1) is 11.3 Å². The van der Waals surface area contributed by atoms with Gasteiger partial charge in [0.2, 0.25) is 0 Å². The van der Waals surface area contributed by atoms with Crippen molar-refractivity contribution in [1.82, 2.24) is 4.98 Å². The van der Waals surface area contributed by atoms with Gasteiger partial charge in [0.1, 0.15) is 0 Å². The van der Waals surface area contributed by atoms with Crippen molar-refractivity contribution in [2.75, 3.05) is 0 Å². The SMILES string of the molecule is [c]1nc(C2CCCCC2)cs1. The van der Waals surface area contributed by atoms with Crippen LogP contribution in [-0.2, 0) is 0 Å². The van der Waals surface area contributed by atoms with E-state index < -0.39 is 0 Å². The zero-order valence-corrected chi connectivity index (χ0v) is 7.36. The molecule has 0 spiro atoms. The number of aromatic nitrogens is 1. The smallest absolute Gasteiger partial charge is 0.152 e.